The number of carbonyl (C=O) groups is 1. The molecule has 0 aliphatic carbocycles. The molecule has 19 heavy (non-hydrogen) atoms. The highest BCUT2D eigenvalue weighted by Crippen LogP contribution is 2.18. The van der Waals surface area contributed by atoms with Crippen molar-refractivity contribution in [2.24, 2.45) is 0 Å². The van der Waals surface area contributed by atoms with Crippen molar-refractivity contribution >= 4 is 29.1 Å². The number of amides is 1. The van der Waals surface area contributed by atoms with Gasteiger partial charge >= 0.3 is 0 Å². The standard InChI is InChI=1S/C14H13Cl2NO2/c15-8-14(18)17(10-12-5-3-7-19-12)9-11-4-1-2-6-13(11)16/h1-7H,8-10H2. The van der Waals surface area contributed by atoms with Gasteiger partial charge in [-0.1, -0.05) is 29.8 Å². The van der Waals surface area contributed by atoms with Gasteiger partial charge in [-0.2, -0.15) is 0 Å². The molecule has 0 aliphatic heterocycles. The van der Waals surface area contributed by atoms with Crippen molar-refractivity contribution in [3.63, 3.8) is 0 Å². The van der Waals surface area contributed by atoms with Crippen molar-refractivity contribution in [2.45, 2.75) is 13.1 Å². The summed E-state index contributed by atoms with van der Waals surface area (Å²) in [5.41, 5.74) is 0.884. The Hall–Kier alpha value is -1.45. The molecule has 0 atom stereocenters. The highest BCUT2D eigenvalue weighted by Gasteiger charge is 2.15. The summed E-state index contributed by atoms with van der Waals surface area (Å²) in [7, 11) is 0. The largest absolute Gasteiger partial charge is 0.467 e. The molecule has 5 heteroatoms. The zero-order chi connectivity index (χ0) is 13.7. The van der Waals surface area contributed by atoms with Crippen molar-refractivity contribution in [3.8, 4) is 0 Å². The summed E-state index contributed by atoms with van der Waals surface area (Å²) in [6.45, 7) is 0.787. The lowest BCUT2D eigenvalue weighted by Gasteiger charge is -2.21. The van der Waals surface area contributed by atoms with Crippen LogP contribution in [-0.2, 0) is 17.9 Å². The molecule has 0 aliphatic rings. The Balaban J connectivity index is 2.14. The SMILES string of the molecule is O=C(CCl)N(Cc1ccco1)Cc1ccccc1Cl. The molecular formula is C14H13Cl2NO2. The number of halogens is 2. The third-order valence-corrected chi connectivity index (χ3v) is 3.31. The van der Waals surface area contributed by atoms with Crippen LogP contribution in [0.2, 0.25) is 5.02 Å². The van der Waals surface area contributed by atoms with E-state index in [1.807, 2.05) is 24.3 Å². The fourth-order valence-electron chi connectivity index (χ4n) is 1.74. The maximum Gasteiger partial charge on any atom is 0.238 e. The van der Waals surface area contributed by atoms with E-state index in [0.717, 1.165) is 5.56 Å². The van der Waals surface area contributed by atoms with Gasteiger partial charge in [-0.3, -0.25) is 4.79 Å². The van der Waals surface area contributed by atoms with Gasteiger partial charge in [-0.25, -0.2) is 0 Å². The van der Waals surface area contributed by atoms with Crippen molar-refractivity contribution in [1.82, 2.24) is 4.90 Å². The highest BCUT2D eigenvalue weighted by atomic mass is 35.5. The summed E-state index contributed by atoms with van der Waals surface area (Å²) in [6.07, 6.45) is 1.58. The Kier molecular flexibility index (Phi) is 4.88. The molecule has 3 nitrogen and oxygen atoms in total. The lowest BCUT2D eigenvalue weighted by Crippen LogP contribution is -2.31. The predicted octanol–water partition coefficient (Wildman–Crippen LogP) is 3.70. The fraction of sp³-hybridized carbons (Fsp3) is 0.214. The van der Waals surface area contributed by atoms with Crippen molar-refractivity contribution < 1.29 is 9.21 Å². The molecule has 0 N–H and O–H groups in total. The third-order valence-electron chi connectivity index (χ3n) is 2.71. The summed E-state index contributed by atoms with van der Waals surface area (Å²) >= 11 is 11.7. The Labute approximate surface area is 121 Å². The monoisotopic (exact) mass is 297 g/mol. The van der Waals surface area contributed by atoms with Gasteiger partial charge in [0, 0.05) is 11.6 Å². The molecule has 2 rings (SSSR count). The highest BCUT2D eigenvalue weighted by molar-refractivity contribution is 6.31. The van der Waals surface area contributed by atoms with Crippen molar-refractivity contribution in [3.05, 3.63) is 59.0 Å². The van der Waals surface area contributed by atoms with Gasteiger partial charge in [0.25, 0.3) is 0 Å². The second-order valence-corrected chi connectivity index (χ2v) is 4.73. The summed E-state index contributed by atoms with van der Waals surface area (Å²) in [4.78, 5) is 13.5. The van der Waals surface area contributed by atoms with Gasteiger partial charge in [0.15, 0.2) is 0 Å². The molecule has 0 bridgehead atoms. The van der Waals surface area contributed by atoms with Crippen LogP contribution in [0, 0.1) is 0 Å². The summed E-state index contributed by atoms with van der Waals surface area (Å²) in [6, 6.07) is 11.0. The van der Waals surface area contributed by atoms with Gasteiger partial charge in [0.2, 0.25) is 5.91 Å². The molecular weight excluding hydrogens is 285 g/mol. The first kappa shape index (κ1) is 14.0. The Morgan fingerprint density at radius 3 is 2.58 bits per heavy atom. The van der Waals surface area contributed by atoms with E-state index in [2.05, 4.69) is 0 Å². The van der Waals surface area contributed by atoms with E-state index in [1.54, 1.807) is 23.3 Å². The van der Waals surface area contributed by atoms with Gasteiger partial charge < -0.3 is 9.32 Å². The molecule has 2 aromatic rings. The molecule has 0 spiro atoms. The van der Waals surface area contributed by atoms with Crippen LogP contribution in [0.4, 0.5) is 0 Å². The van der Waals surface area contributed by atoms with Crippen LogP contribution in [-0.4, -0.2) is 16.7 Å². The predicted molar refractivity (Wildman–Crippen MR) is 75.1 cm³/mol. The average molecular weight is 298 g/mol. The van der Waals surface area contributed by atoms with Crippen LogP contribution >= 0.6 is 23.2 Å². The van der Waals surface area contributed by atoms with E-state index >= 15 is 0 Å². The maximum atomic E-state index is 11.9. The number of benzene rings is 1. The Bertz CT molecular complexity index is 540. The van der Waals surface area contributed by atoms with E-state index in [0.29, 0.717) is 23.9 Å². The van der Waals surface area contributed by atoms with Gasteiger partial charge in [-0.05, 0) is 23.8 Å². The smallest absolute Gasteiger partial charge is 0.238 e. The molecule has 1 heterocycles. The molecule has 1 amide bonds. The first-order valence-electron chi connectivity index (χ1n) is 5.80. The van der Waals surface area contributed by atoms with Crippen molar-refractivity contribution in [1.29, 1.82) is 0 Å². The number of hydrogen-bond acceptors (Lipinski definition) is 2. The van der Waals surface area contributed by atoms with Crippen LogP contribution in [0.3, 0.4) is 0 Å². The number of furan rings is 1. The molecule has 1 aromatic heterocycles. The van der Waals surface area contributed by atoms with Crippen LogP contribution in [0.1, 0.15) is 11.3 Å². The Morgan fingerprint density at radius 2 is 1.95 bits per heavy atom. The van der Waals surface area contributed by atoms with Crippen molar-refractivity contribution in [2.75, 3.05) is 5.88 Å². The minimum absolute atomic E-state index is 0.0643. The molecule has 0 radical (unpaired) electrons. The lowest BCUT2D eigenvalue weighted by atomic mass is 10.2. The van der Waals surface area contributed by atoms with Crippen LogP contribution in [0.15, 0.2) is 47.1 Å². The lowest BCUT2D eigenvalue weighted by molar-refractivity contribution is -0.130. The van der Waals surface area contributed by atoms with E-state index in [4.69, 9.17) is 27.6 Å². The number of nitrogens with zero attached hydrogens (tertiary/aromatic N) is 1. The van der Waals surface area contributed by atoms with E-state index < -0.39 is 0 Å². The van der Waals surface area contributed by atoms with Crippen LogP contribution in [0.5, 0.6) is 0 Å². The number of carbonyl (C=O) groups excluding carboxylic acids is 1. The summed E-state index contributed by atoms with van der Waals surface area (Å²) in [5, 5.41) is 0.634. The minimum Gasteiger partial charge on any atom is -0.467 e. The molecule has 100 valence electrons. The van der Waals surface area contributed by atoms with E-state index in [1.165, 1.54) is 0 Å². The first-order valence-corrected chi connectivity index (χ1v) is 6.71. The normalized spacial score (nSPS) is 10.4. The van der Waals surface area contributed by atoms with Crippen LogP contribution < -0.4 is 0 Å². The third kappa shape index (κ3) is 3.75. The van der Waals surface area contributed by atoms with Gasteiger partial charge in [0.1, 0.15) is 11.6 Å². The Morgan fingerprint density at radius 1 is 1.16 bits per heavy atom. The zero-order valence-electron chi connectivity index (χ0n) is 10.2. The first-order chi connectivity index (χ1) is 9.20. The second kappa shape index (κ2) is 6.64. The van der Waals surface area contributed by atoms with E-state index in [9.17, 15) is 4.79 Å². The summed E-state index contributed by atoms with van der Waals surface area (Å²) < 4.78 is 5.26. The molecule has 0 unspecified atom stereocenters. The molecule has 0 saturated heterocycles. The van der Waals surface area contributed by atoms with E-state index in [-0.39, 0.29) is 11.8 Å². The minimum atomic E-state index is -0.155. The summed E-state index contributed by atoms with van der Waals surface area (Å²) in [5.74, 6) is 0.494. The molecule has 0 saturated carbocycles. The number of hydrogen-bond donors (Lipinski definition) is 0. The maximum absolute atomic E-state index is 11.9. The average Bonchev–Trinajstić information content (AvgIpc) is 2.92. The molecule has 1 aromatic carbocycles. The fourth-order valence-corrected chi connectivity index (χ4v) is 2.10. The molecule has 0 fully saturated rings. The van der Waals surface area contributed by atoms with Gasteiger partial charge in [0.05, 0.1) is 12.8 Å². The second-order valence-electron chi connectivity index (χ2n) is 4.05. The topological polar surface area (TPSA) is 33.5 Å². The number of alkyl halides is 1. The zero-order valence-corrected chi connectivity index (χ0v) is 11.7. The number of rotatable bonds is 5. The van der Waals surface area contributed by atoms with Crippen LogP contribution in [0.25, 0.3) is 0 Å². The quantitative estimate of drug-likeness (QED) is 0.789. The van der Waals surface area contributed by atoms with Gasteiger partial charge in [-0.15, -0.1) is 11.6 Å².